The van der Waals surface area contributed by atoms with E-state index in [0.717, 1.165) is 41.5 Å². The third-order valence-electron chi connectivity index (χ3n) is 6.25. The van der Waals surface area contributed by atoms with Gasteiger partial charge in [0.1, 0.15) is 6.04 Å². The summed E-state index contributed by atoms with van der Waals surface area (Å²) in [6, 6.07) is 12.4. The van der Waals surface area contributed by atoms with Gasteiger partial charge in [0.25, 0.3) is 0 Å². The molecule has 4 rings (SSSR count). The van der Waals surface area contributed by atoms with Gasteiger partial charge in [-0.15, -0.1) is 0 Å². The van der Waals surface area contributed by atoms with E-state index < -0.39 is 11.5 Å². The van der Waals surface area contributed by atoms with Crippen LogP contribution in [-0.2, 0) is 21.4 Å². The molecule has 3 N–H and O–H groups in total. The molecule has 0 spiro atoms. The van der Waals surface area contributed by atoms with Crippen molar-refractivity contribution >= 4 is 50.9 Å². The number of carbonyl (C=O) groups excluding carboxylic acids is 2. The van der Waals surface area contributed by atoms with Crippen LogP contribution in [0.1, 0.15) is 36.8 Å². The molecule has 0 aromatic heterocycles. The van der Waals surface area contributed by atoms with Gasteiger partial charge in [-0.2, -0.15) is 0 Å². The third kappa shape index (κ3) is 5.48. The molecule has 0 bridgehead atoms. The number of carbonyl (C=O) groups is 2. The van der Waals surface area contributed by atoms with E-state index in [1.54, 1.807) is 12.1 Å². The summed E-state index contributed by atoms with van der Waals surface area (Å²) in [4.78, 5) is 26.6. The minimum absolute atomic E-state index is 0.0705. The molecular weight excluding hydrogens is 513 g/mol. The quantitative estimate of drug-likeness (QED) is 0.490. The Hall–Kier alpha value is -1.60. The van der Waals surface area contributed by atoms with E-state index in [1.165, 1.54) is 0 Å². The lowest BCUT2D eigenvalue weighted by atomic mass is 9.93. The first kappa shape index (κ1) is 23.6. The molecule has 1 aliphatic carbocycles. The highest BCUT2D eigenvalue weighted by Crippen LogP contribution is 2.51. The molecule has 5 nitrogen and oxygen atoms in total. The number of piperidine rings is 1. The van der Waals surface area contributed by atoms with Crippen LogP contribution in [0.5, 0.6) is 0 Å². The Morgan fingerprint density at radius 2 is 1.91 bits per heavy atom. The van der Waals surface area contributed by atoms with Crippen LogP contribution in [0.4, 0.5) is 0 Å². The number of hydrogen-bond donors (Lipinski definition) is 3. The predicted molar refractivity (Wildman–Crippen MR) is 131 cm³/mol. The van der Waals surface area contributed by atoms with Gasteiger partial charge in [0, 0.05) is 33.5 Å². The van der Waals surface area contributed by atoms with Gasteiger partial charge in [-0.3, -0.25) is 9.59 Å². The molecule has 0 unspecified atom stereocenters. The summed E-state index contributed by atoms with van der Waals surface area (Å²) in [6.07, 6.45) is 3.75. The zero-order chi connectivity index (χ0) is 22.7. The minimum atomic E-state index is -0.702. The van der Waals surface area contributed by atoms with Gasteiger partial charge in [-0.25, -0.2) is 0 Å². The van der Waals surface area contributed by atoms with Crippen molar-refractivity contribution in [3.05, 3.63) is 68.1 Å². The van der Waals surface area contributed by atoms with Crippen molar-refractivity contribution in [3.8, 4) is 0 Å². The number of halogens is 3. The second-order valence-electron chi connectivity index (χ2n) is 8.61. The number of hydrogen-bond acceptors (Lipinski definition) is 3. The zero-order valence-electron chi connectivity index (χ0n) is 17.6. The highest BCUT2D eigenvalue weighted by molar-refractivity contribution is 9.10. The van der Waals surface area contributed by atoms with Crippen LogP contribution in [-0.4, -0.2) is 37.0 Å². The first-order valence-electron chi connectivity index (χ1n) is 10.9. The Balaban J connectivity index is 1.52. The molecule has 1 saturated carbocycles. The first-order valence-corrected chi connectivity index (χ1v) is 12.4. The molecule has 2 fully saturated rings. The van der Waals surface area contributed by atoms with Crippen molar-refractivity contribution in [1.29, 1.82) is 0 Å². The highest BCUT2D eigenvalue weighted by Gasteiger charge is 2.53. The maximum atomic E-state index is 13.4. The molecule has 8 heteroatoms. The van der Waals surface area contributed by atoms with Crippen molar-refractivity contribution in [1.82, 2.24) is 16.0 Å². The first-order chi connectivity index (χ1) is 15.4. The SMILES string of the molecule is O=C(N[C@H]1CCCNC1)[C@H](Cc1ccc(Br)cc1)NC(=O)C1(c2ccc(Cl)cc2Cl)CC1. The summed E-state index contributed by atoms with van der Waals surface area (Å²) >= 11 is 15.9. The smallest absolute Gasteiger partial charge is 0.243 e. The molecule has 2 atom stereocenters. The van der Waals surface area contributed by atoms with Crippen molar-refractivity contribution in [3.63, 3.8) is 0 Å². The van der Waals surface area contributed by atoms with Crippen molar-refractivity contribution in [2.75, 3.05) is 13.1 Å². The van der Waals surface area contributed by atoms with E-state index in [0.29, 0.717) is 29.3 Å². The fourth-order valence-corrected chi connectivity index (χ4v) is 5.11. The molecule has 2 aromatic carbocycles. The molecule has 0 radical (unpaired) electrons. The average Bonchev–Trinajstić information content (AvgIpc) is 3.57. The lowest BCUT2D eigenvalue weighted by Gasteiger charge is -2.28. The molecule has 1 saturated heterocycles. The molecule has 1 aliphatic heterocycles. The fourth-order valence-electron chi connectivity index (χ4n) is 4.26. The van der Waals surface area contributed by atoms with E-state index >= 15 is 0 Å². The topological polar surface area (TPSA) is 70.2 Å². The number of benzene rings is 2. The second kappa shape index (κ2) is 10.1. The van der Waals surface area contributed by atoms with Crippen LogP contribution in [0.2, 0.25) is 10.0 Å². The van der Waals surface area contributed by atoms with Crippen LogP contribution in [0.3, 0.4) is 0 Å². The lowest BCUT2D eigenvalue weighted by molar-refractivity contribution is -0.130. The molecule has 2 aliphatic rings. The standard InChI is InChI=1S/C24H26BrCl2N3O2/c25-16-5-3-15(4-6-16)12-21(22(31)29-18-2-1-11-28-14-18)30-23(32)24(9-10-24)19-8-7-17(26)13-20(19)27/h3-8,13,18,21,28H,1-2,9-12,14H2,(H,29,31)(H,30,32)/t18-,21-/m0/s1. The highest BCUT2D eigenvalue weighted by atomic mass is 79.9. The van der Waals surface area contributed by atoms with Gasteiger partial charge in [-0.1, -0.05) is 57.3 Å². The van der Waals surface area contributed by atoms with Gasteiger partial charge in [0.15, 0.2) is 0 Å². The molecule has 170 valence electrons. The second-order valence-corrected chi connectivity index (χ2v) is 10.4. The van der Waals surface area contributed by atoms with Crippen LogP contribution < -0.4 is 16.0 Å². The molecule has 32 heavy (non-hydrogen) atoms. The summed E-state index contributed by atoms with van der Waals surface area (Å²) in [5.41, 5.74) is 1.04. The Morgan fingerprint density at radius 3 is 2.53 bits per heavy atom. The lowest BCUT2D eigenvalue weighted by Crippen LogP contribution is -2.55. The summed E-state index contributed by atoms with van der Waals surface area (Å²) in [7, 11) is 0. The Labute approximate surface area is 206 Å². The monoisotopic (exact) mass is 537 g/mol. The van der Waals surface area contributed by atoms with E-state index in [-0.39, 0.29) is 17.9 Å². The van der Waals surface area contributed by atoms with Gasteiger partial charge in [-0.05, 0) is 67.6 Å². The summed E-state index contributed by atoms with van der Waals surface area (Å²) in [6.45, 7) is 1.71. The Bertz CT molecular complexity index is 989. The molecule has 1 heterocycles. The summed E-state index contributed by atoms with van der Waals surface area (Å²) < 4.78 is 0.967. The van der Waals surface area contributed by atoms with Crippen LogP contribution in [0, 0.1) is 0 Å². The van der Waals surface area contributed by atoms with Crippen LogP contribution >= 0.6 is 39.1 Å². The number of rotatable bonds is 7. The van der Waals surface area contributed by atoms with Gasteiger partial charge >= 0.3 is 0 Å². The molecule has 2 aromatic rings. The van der Waals surface area contributed by atoms with Gasteiger partial charge < -0.3 is 16.0 Å². The predicted octanol–water partition coefficient (Wildman–Crippen LogP) is 4.38. The fraction of sp³-hybridized carbons (Fsp3) is 0.417. The number of amides is 2. The average molecular weight is 539 g/mol. The minimum Gasteiger partial charge on any atom is -0.350 e. The van der Waals surface area contributed by atoms with E-state index in [9.17, 15) is 9.59 Å². The van der Waals surface area contributed by atoms with E-state index in [1.807, 2.05) is 30.3 Å². The summed E-state index contributed by atoms with van der Waals surface area (Å²) in [5.74, 6) is -0.325. The third-order valence-corrected chi connectivity index (χ3v) is 7.33. The molecule has 2 amide bonds. The van der Waals surface area contributed by atoms with E-state index in [4.69, 9.17) is 23.2 Å². The normalized spacial score (nSPS) is 20.3. The van der Waals surface area contributed by atoms with Crippen molar-refractivity contribution in [2.45, 2.75) is 49.6 Å². The zero-order valence-corrected chi connectivity index (χ0v) is 20.7. The van der Waals surface area contributed by atoms with E-state index in [2.05, 4.69) is 31.9 Å². The molecular formula is C24H26BrCl2N3O2. The Kier molecular flexibility index (Phi) is 7.45. The van der Waals surface area contributed by atoms with Crippen molar-refractivity contribution in [2.24, 2.45) is 0 Å². The van der Waals surface area contributed by atoms with Crippen LogP contribution in [0.15, 0.2) is 46.9 Å². The van der Waals surface area contributed by atoms with Gasteiger partial charge in [0.2, 0.25) is 11.8 Å². The van der Waals surface area contributed by atoms with Crippen LogP contribution in [0.25, 0.3) is 0 Å². The maximum absolute atomic E-state index is 13.4. The summed E-state index contributed by atoms with van der Waals surface area (Å²) in [5, 5.41) is 10.5. The maximum Gasteiger partial charge on any atom is 0.243 e. The van der Waals surface area contributed by atoms with Gasteiger partial charge in [0.05, 0.1) is 5.41 Å². The largest absolute Gasteiger partial charge is 0.350 e. The van der Waals surface area contributed by atoms with Crippen molar-refractivity contribution < 1.29 is 9.59 Å². The Morgan fingerprint density at radius 1 is 1.16 bits per heavy atom. The number of nitrogens with one attached hydrogen (secondary N) is 3.